The molecular formula is C9H7F5. The molecule has 0 aliphatic rings. The maximum absolute atomic E-state index is 12.9. The van der Waals surface area contributed by atoms with Crippen molar-refractivity contribution >= 4 is 0 Å². The van der Waals surface area contributed by atoms with Gasteiger partial charge in [0, 0.05) is 5.56 Å². The smallest absolute Gasteiger partial charge is 0.168 e. The molecule has 0 saturated carbocycles. The highest BCUT2D eigenvalue weighted by Crippen LogP contribution is 2.29. The number of rotatable bonds is 1. The standard InChI is InChI=1S/C9H7F5/c1-3-6(11)8(13)5(4(2)10)9(14)7(3)12/h4H,1-2H3. The van der Waals surface area contributed by atoms with E-state index in [4.69, 9.17) is 0 Å². The van der Waals surface area contributed by atoms with E-state index in [0.29, 0.717) is 0 Å². The summed E-state index contributed by atoms with van der Waals surface area (Å²) in [6.45, 7) is 1.68. The normalized spacial score (nSPS) is 13.1. The van der Waals surface area contributed by atoms with Gasteiger partial charge in [-0.25, -0.2) is 22.0 Å². The van der Waals surface area contributed by atoms with Gasteiger partial charge in [-0.05, 0) is 13.8 Å². The van der Waals surface area contributed by atoms with Crippen molar-refractivity contribution in [3.63, 3.8) is 0 Å². The molecule has 0 amide bonds. The van der Waals surface area contributed by atoms with Crippen LogP contribution in [0.3, 0.4) is 0 Å². The van der Waals surface area contributed by atoms with E-state index in [9.17, 15) is 22.0 Å². The summed E-state index contributed by atoms with van der Waals surface area (Å²) in [6, 6.07) is 0. The van der Waals surface area contributed by atoms with E-state index in [1.807, 2.05) is 0 Å². The van der Waals surface area contributed by atoms with Gasteiger partial charge in [0.25, 0.3) is 0 Å². The fraction of sp³-hybridized carbons (Fsp3) is 0.333. The summed E-state index contributed by atoms with van der Waals surface area (Å²) in [5.41, 5.74) is -1.99. The topological polar surface area (TPSA) is 0 Å². The fourth-order valence-corrected chi connectivity index (χ4v) is 1.11. The van der Waals surface area contributed by atoms with Crippen LogP contribution >= 0.6 is 0 Å². The largest absolute Gasteiger partial charge is 0.242 e. The van der Waals surface area contributed by atoms with Gasteiger partial charge in [-0.3, -0.25) is 0 Å². The van der Waals surface area contributed by atoms with Crippen LogP contribution in [0.4, 0.5) is 22.0 Å². The minimum absolute atomic E-state index is 0.788. The van der Waals surface area contributed by atoms with Crippen LogP contribution in [0.2, 0.25) is 0 Å². The van der Waals surface area contributed by atoms with Crippen molar-refractivity contribution in [2.45, 2.75) is 20.0 Å². The lowest BCUT2D eigenvalue weighted by Gasteiger charge is -2.09. The Labute approximate surface area is 77.4 Å². The average molecular weight is 210 g/mol. The Morgan fingerprint density at radius 1 is 0.857 bits per heavy atom. The maximum atomic E-state index is 12.9. The molecule has 0 aliphatic carbocycles. The predicted molar refractivity (Wildman–Crippen MR) is 40.5 cm³/mol. The molecule has 0 fully saturated rings. The summed E-state index contributed by atoms with van der Waals surface area (Å²) >= 11 is 0. The molecule has 0 radical (unpaired) electrons. The van der Waals surface area contributed by atoms with Crippen LogP contribution in [0.25, 0.3) is 0 Å². The molecule has 14 heavy (non-hydrogen) atoms. The third kappa shape index (κ3) is 1.47. The monoisotopic (exact) mass is 210 g/mol. The lowest BCUT2D eigenvalue weighted by Crippen LogP contribution is -2.06. The second kappa shape index (κ2) is 3.55. The van der Waals surface area contributed by atoms with Crippen LogP contribution in [0.5, 0.6) is 0 Å². The predicted octanol–water partition coefficient (Wildman–Crippen LogP) is 3.58. The molecule has 1 unspecified atom stereocenters. The Balaban J connectivity index is 3.60. The highest BCUT2D eigenvalue weighted by atomic mass is 19.2. The zero-order valence-electron chi connectivity index (χ0n) is 7.47. The van der Waals surface area contributed by atoms with Crippen LogP contribution < -0.4 is 0 Å². The van der Waals surface area contributed by atoms with E-state index in [-0.39, 0.29) is 0 Å². The van der Waals surface area contributed by atoms with Gasteiger partial charge in [-0.2, -0.15) is 0 Å². The van der Waals surface area contributed by atoms with Gasteiger partial charge in [0.1, 0.15) is 6.17 Å². The third-order valence-electron chi connectivity index (χ3n) is 1.91. The zero-order valence-corrected chi connectivity index (χ0v) is 7.47. The van der Waals surface area contributed by atoms with Crippen LogP contribution in [0, 0.1) is 30.2 Å². The molecule has 1 aromatic carbocycles. The second-order valence-corrected chi connectivity index (χ2v) is 2.91. The summed E-state index contributed by atoms with van der Waals surface area (Å²) in [5, 5.41) is 0. The van der Waals surface area contributed by atoms with Gasteiger partial charge in [0.15, 0.2) is 23.3 Å². The quantitative estimate of drug-likeness (QED) is 0.491. The Morgan fingerprint density at radius 3 is 1.50 bits per heavy atom. The van der Waals surface area contributed by atoms with E-state index >= 15 is 0 Å². The van der Waals surface area contributed by atoms with Crippen LogP contribution in [-0.4, -0.2) is 0 Å². The van der Waals surface area contributed by atoms with Gasteiger partial charge in [0.2, 0.25) is 0 Å². The van der Waals surface area contributed by atoms with Crippen molar-refractivity contribution in [2.75, 3.05) is 0 Å². The Hall–Kier alpha value is -1.13. The van der Waals surface area contributed by atoms with Gasteiger partial charge < -0.3 is 0 Å². The van der Waals surface area contributed by atoms with E-state index < -0.39 is 40.6 Å². The van der Waals surface area contributed by atoms with Crippen molar-refractivity contribution in [1.29, 1.82) is 0 Å². The Kier molecular flexibility index (Phi) is 2.78. The van der Waals surface area contributed by atoms with E-state index in [1.165, 1.54) is 0 Å². The summed E-state index contributed by atoms with van der Waals surface area (Å²) < 4.78 is 64.2. The number of halogens is 5. The average Bonchev–Trinajstić information content (AvgIpc) is 2.11. The van der Waals surface area contributed by atoms with E-state index in [2.05, 4.69) is 0 Å². The molecule has 0 aliphatic heterocycles. The summed E-state index contributed by atoms with van der Waals surface area (Å²) in [6.07, 6.45) is -2.10. The second-order valence-electron chi connectivity index (χ2n) is 2.91. The minimum Gasteiger partial charge on any atom is -0.242 e. The highest BCUT2D eigenvalue weighted by Gasteiger charge is 2.26. The molecule has 0 spiro atoms. The number of alkyl halides is 1. The Bertz CT molecular complexity index is 341. The summed E-state index contributed by atoms with van der Waals surface area (Å²) in [4.78, 5) is 0. The number of hydrogen-bond donors (Lipinski definition) is 0. The number of benzene rings is 1. The first-order valence-corrected chi connectivity index (χ1v) is 3.84. The van der Waals surface area contributed by atoms with Crippen LogP contribution in [-0.2, 0) is 0 Å². The Morgan fingerprint density at radius 2 is 1.21 bits per heavy atom. The molecule has 1 rings (SSSR count). The molecule has 5 heteroatoms. The molecule has 0 aromatic heterocycles. The van der Waals surface area contributed by atoms with Gasteiger partial charge in [-0.15, -0.1) is 0 Å². The summed E-state index contributed by atoms with van der Waals surface area (Å²) in [5.74, 6) is -6.44. The molecule has 1 atom stereocenters. The first-order valence-electron chi connectivity index (χ1n) is 3.84. The van der Waals surface area contributed by atoms with Crippen molar-refractivity contribution in [2.24, 2.45) is 0 Å². The van der Waals surface area contributed by atoms with Crippen molar-refractivity contribution in [3.05, 3.63) is 34.4 Å². The van der Waals surface area contributed by atoms with Crippen molar-refractivity contribution in [3.8, 4) is 0 Å². The molecule has 0 heterocycles. The molecule has 0 nitrogen and oxygen atoms in total. The minimum atomic E-state index is -2.10. The molecular weight excluding hydrogens is 203 g/mol. The van der Waals surface area contributed by atoms with Crippen molar-refractivity contribution < 1.29 is 22.0 Å². The molecule has 1 aromatic rings. The van der Waals surface area contributed by atoms with E-state index in [0.717, 1.165) is 13.8 Å². The SMILES string of the molecule is Cc1c(F)c(F)c(C(C)F)c(F)c1F. The highest BCUT2D eigenvalue weighted by molar-refractivity contribution is 5.30. The van der Waals surface area contributed by atoms with Crippen LogP contribution in [0.1, 0.15) is 24.2 Å². The fourth-order valence-electron chi connectivity index (χ4n) is 1.11. The lowest BCUT2D eigenvalue weighted by molar-refractivity contribution is 0.328. The molecule has 78 valence electrons. The summed E-state index contributed by atoms with van der Waals surface area (Å²) in [7, 11) is 0. The lowest BCUT2D eigenvalue weighted by atomic mass is 10.1. The van der Waals surface area contributed by atoms with Gasteiger partial charge in [0.05, 0.1) is 5.56 Å². The van der Waals surface area contributed by atoms with Crippen molar-refractivity contribution in [1.82, 2.24) is 0 Å². The van der Waals surface area contributed by atoms with Gasteiger partial charge in [-0.1, -0.05) is 0 Å². The van der Waals surface area contributed by atoms with E-state index in [1.54, 1.807) is 0 Å². The van der Waals surface area contributed by atoms with Gasteiger partial charge >= 0.3 is 0 Å². The molecule has 0 N–H and O–H groups in total. The van der Waals surface area contributed by atoms with Crippen LogP contribution in [0.15, 0.2) is 0 Å². The first-order chi connectivity index (χ1) is 6.37. The zero-order chi connectivity index (χ0) is 11.0. The number of hydrogen-bond acceptors (Lipinski definition) is 0. The maximum Gasteiger partial charge on any atom is 0.168 e. The first kappa shape index (κ1) is 10.9. The molecule has 0 bridgehead atoms. The third-order valence-corrected chi connectivity index (χ3v) is 1.91. The molecule has 0 saturated heterocycles.